The van der Waals surface area contributed by atoms with Gasteiger partial charge in [0.05, 0.1) is 20.0 Å². The fourth-order valence-electron chi connectivity index (χ4n) is 1.73. The topological polar surface area (TPSA) is 83.8 Å². The van der Waals surface area contributed by atoms with E-state index in [1.54, 1.807) is 43.5 Å². The first-order valence-corrected chi connectivity index (χ1v) is 6.61. The molecule has 5 heteroatoms. The predicted molar refractivity (Wildman–Crippen MR) is 82.1 cm³/mol. The molecule has 0 aliphatic carbocycles. The summed E-state index contributed by atoms with van der Waals surface area (Å²) in [5.74, 6) is -0.928. The van der Waals surface area contributed by atoms with Crippen molar-refractivity contribution in [2.24, 2.45) is 0 Å². The number of benzene rings is 2. The highest BCUT2D eigenvalue weighted by Gasteiger charge is 2.00. The van der Waals surface area contributed by atoms with Crippen molar-refractivity contribution in [2.75, 3.05) is 7.11 Å². The number of carboxylic acids is 2. The number of aliphatic carboxylic acids is 2. The van der Waals surface area contributed by atoms with Crippen LogP contribution in [0.3, 0.4) is 0 Å². The average Bonchev–Trinajstić information content (AvgIpc) is 2.48. The van der Waals surface area contributed by atoms with Crippen LogP contribution in [-0.2, 0) is 22.4 Å². The summed E-state index contributed by atoms with van der Waals surface area (Å²) in [5, 5.41) is 16.9. The molecule has 22 heavy (non-hydrogen) atoms. The molecule has 0 amide bonds. The van der Waals surface area contributed by atoms with Crippen LogP contribution < -0.4 is 4.74 Å². The van der Waals surface area contributed by atoms with Gasteiger partial charge >= 0.3 is 11.9 Å². The first kappa shape index (κ1) is 17.2. The largest absolute Gasteiger partial charge is 0.497 e. The van der Waals surface area contributed by atoms with Gasteiger partial charge in [-0.2, -0.15) is 0 Å². The molecule has 2 N–H and O–H groups in total. The minimum absolute atomic E-state index is 0.0389. The minimum atomic E-state index is -0.830. The van der Waals surface area contributed by atoms with Gasteiger partial charge in [0.25, 0.3) is 0 Å². The van der Waals surface area contributed by atoms with Crippen LogP contribution in [0.5, 0.6) is 5.75 Å². The summed E-state index contributed by atoms with van der Waals surface area (Å²) >= 11 is 0. The number of methoxy groups -OCH3 is 1. The van der Waals surface area contributed by atoms with E-state index in [1.165, 1.54) is 0 Å². The molecule has 116 valence electrons. The highest BCUT2D eigenvalue weighted by Crippen LogP contribution is 2.12. The molecule has 2 aromatic rings. The summed E-state index contributed by atoms with van der Waals surface area (Å²) in [7, 11) is 1.56. The maximum absolute atomic E-state index is 10.3. The molecule has 2 rings (SSSR count). The predicted octanol–water partition coefficient (Wildman–Crippen LogP) is 2.64. The molecule has 0 saturated carbocycles. The Morgan fingerprint density at radius 3 is 1.95 bits per heavy atom. The molecule has 0 aromatic heterocycles. The van der Waals surface area contributed by atoms with Crippen LogP contribution in [0, 0.1) is 0 Å². The lowest BCUT2D eigenvalue weighted by Crippen LogP contribution is -1.99. The standard InChI is InChI=1S/C9H10O3.C8H8O2/c1-12-8-4-2-3-7(5-8)6-9(10)11;9-8(10)6-7-4-2-1-3-5-7/h2-5H,6H2,1H3,(H,10,11);1-5H,6H2,(H,9,10). The van der Waals surface area contributed by atoms with E-state index in [4.69, 9.17) is 14.9 Å². The maximum Gasteiger partial charge on any atom is 0.307 e. The normalized spacial score (nSPS) is 9.32. The molecule has 0 saturated heterocycles. The van der Waals surface area contributed by atoms with E-state index in [-0.39, 0.29) is 12.8 Å². The molecule has 2 aromatic carbocycles. The van der Waals surface area contributed by atoms with Crippen molar-refractivity contribution >= 4 is 11.9 Å². The number of carboxylic acid groups (broad SMARTS) is 2. The van der Waals surface area contributed by atoms with Crippen LogP contribution in [-0.4, -0.2) is 29.3 Å². The monoisotopic (exact) mass is 302 g/mol. The third-order valence-corrected chi connectivity index (χ3v) is 2.69. The number of hydrogen-bond acceptors (Lipinski definition) is 3. The van der Waals surface area contributed by atoms with Crippen LogP contribution in [0.4, 0.5) is 0 Å². The lowest BCUT2D eigenvalue weighted by atomic mass is 10.1. The SMILES string of the molecule is COc1cccc(CC(=O)O)c1.O=C(O)Cc1ccccc1. The molecule has 0 radical (unpaired) electrons. The molecule has 0 atom stereocenters. The molecule has 0 unspecified atom stereocenters. The quantitative estimate of drug-likeness (QED) is 0.887. The van der Waals surface area contributed by atoms with Crippen molar-refractivity contribution in [1.29, 1.82) is 0 Å². The van der Waals surface area contributed by atoms with Gasteiger partial charge in [-0.3, -0.25) is 9.59 Å². The zero-order chi connectivity index (χ0) is 16.4. The third-order valence-electron chi connectivity index (χ3n) is 2.69. The van der Waals surface area contributed by atoms with Gasteiger partial charge in [0.2, 0.25) is 0 Å². The van der Waals surface area contributed by atoms with Gasteiger partial charge in [-0.25, -0.2) is 0 Å². The lowest BCUT2D eigenvalue weighted by Gasteiger charge is -2.00. The second-order valence-electron chi connectivity index (χ2n) is 4.48. The van der Waals surface area contributed by atoms with E-state index >= 15 is 0 Å². The van der Waals surface area contributed by atoms with Crippen molar-refractivity contribution in [3.05, 3.63) is 65.7 Å². The molecule has 0 heterocycles. The molecule has 0 aliphatic rings. The summed E-state index contributed by atoms with van der Waals surface area (Å²) in [6, 6.07) is 16.2. The highest BCUT2D eigenvalue weighted by molar-refractivity contribution is 5.70. The van der Waals surface area contributed by atoms with E-state index in [1.807, 2.05) is 18.2 Å². The Morgan fingerprint density at radius 1 is 0.864 bits per heavy atom. The third kappa shape index (κ3) is 7.09. The summed E-state index contributed by atoms with van der Waals surface area (Å²) in [6.07, 6.45) is 0.151. The van der Waals surface area contributed by atoms with Crippen molar-refractivity contribution in [3.63, 3.8) is 0 Å². The van der Waals surface area contributed by atoms with Crippen LogP contribution in [0.1, 0.15) is 11.1 Å². The summed E-state index contributed by atoms with van der Waals surface area (Å²) in [4.78, 5) is 20.5. The van der Waals surface area contributed by atoms with Crippen molar-refractivity contribution in [1.82, 2.24) is 0 Å². The van der Waals surface area contributed by atoms with Crippen LogP contribution in [0.15, 0.2) is 54.6 Å². The first-order valence-electron chi connectivity index (χ1n) is 6.61. The first-order chi connectivity index (χ1) is 10.5. The Morgan fingerprint density at radius 2 is 1.41 bits per heavy atom. The maximum atomic E-state index is 10.3. The van der Waals surface area contributed by atoms with Crippen LogP contribution in [0.25, 0.3) is 0 Å². The molecule has 0 fully saturated rings. The zero-order valence-corrected chi connectivity index (χ0v) is 12.2. The number of ether oxygens (including phenoxy) is 1. The van der Waals surface area contributed by atoms with E-state index in [0.717, 1.165) is 11.1 Å². The molecule has 0 aliphatic heterocycles. The van der Waals surface area contributed by atoms with E-state index in [0.29, 0.717) is 5.75 Å². The van der Waals surface area contributed by atoms with E-state index in [9.17, 15) is 9.59 Å². The lowest BCUT2D eigenvalue weighted by molar-refractivity contribution is -0.137. The van der Waals surface area contributed by atoms with Gasteiger partial charge < -0.3 is 14.9 Å². The van der Waals surface area contributed by atoms with Gasteiger partial charge in [0.15, 0.2) is 0 Å². The van der Waals surface area contributed by atoms with Crippen LogP contribution >= 0.6 is 0 Å². The molecule has 0 spiro atoms. The second kappa shape index (κ2) is 9.18. The zero-order valence-electron chi connectivity index (χ0n) is 12.2. The van der Waals surface area contributed by atoms with Crippen molar-refractivity contribution in [2.45, 2.75) is 12.8 Å². The van der Waals surface area contributed by atoms with Gasteiger partial charge in [0, 0.05) is 0 Å². The van der Waals surface area contributed by atoms with Crippen LogP contribution in [0.2, 0.25) is 0 Å². The Bertz CT molecular complexity index is 607. The van der Waals surface area contributed by atoms with Crippen molar-refractivity contribution in [3.8, 4) is 5.75 Å². The van der Waals surface area contributed by atoms with Crippen molar-refractivity contribution < 1.29 is 24.5 Å². The van der Waals surface area contributed by atoms with Gasteiger partial charge in [-0.1, -0.05) is 42.5 Å². The minimum Gasteiger partial charge on any atom is -0.497 e. The summed E-state index contributed by atoms with van der Waals surface area (Å²) in [6.45, 7) is 0. The molecule has 5 nitrogen and oxygen atoms in total. The number of rotatable bonds is 5. The molecular formula is C17H18O5. The Hall–Kier alpha value is -2.82. The van der Waals surface area contributed by atoms with E-state index < -0.39 is 11.9 Å². The number of hydrogen-bond donors (Lipinski definition) is 2. The second-order valence-corrected chi connectivity index (χ2v) is 4.48. The summed E-state index contributed by atoms with van der Waals surface area (Å²) in [5.41, 5.74) is 1.59. The fourth-order valence-corrected chi connectivity index (χ4v) is 1.73. The average molecular weight is 302 g/mol. The molecular weight excluding hydrogens is 284 g/mol. The van der Waals surface area contributed by atoms with Gasteiger partial charge in [-0.05, 0) is 23.3 Å². The highest BCUT2D eigenvalue weighted by atomic mass is 16.5. The smallest absolute Gasteiger partial charge is 0.307 e. The fraction of sp³-hybridized carbons (Fsp3) is 0.176. The number of carbonyl (C=O) groups is 2. The molecule has 0 bridgehead atoms. The Labute approximate surface area is 128 Å². The van der Waals surface area contributed by atoms with E-state index in [2.05, 4.69) is 0 Å². The van der Waals surface area contributed by atoms with Gasteiger partial charge in [0.1, 0.15) is 5.75 Å². The Kier molecular flexibility index (Phi) is 7.19. The Balaban J connectivity index is 0.000000224. The van der Waals surface area contributed by atoms with Gasteiger partial charge in [-0.15, -0.1) is 0 Å². The summed E-state index contributed by atoms with van der Waals surface area (Å²) < 4.78 is 4.94.